The highest BCUT2D eigenvalue weighted by atomic mass is 16.2. The third-order valence-corrected chi connectivity index (χ3v) is 7.85. The van der Waals surface area contributed by atoms with Crippen molar-refractivity contribution in [2.45, 2.75) is 62.4 Å². The number of piperazine rings is 1. The number of nitrogens with two attached hydrogens (primary N) is 1. The van der Waals surface area contributed by atoms with Crippen molar-refractivity contribution in [3.8, 4) is 6.07 Å². The number of nitrogens with one attached hydrogen (secondary N) is 1. The Balaban J connectivity index is 1.24. The minimum absolute atomic E-state index is 0.0436. The van der Waals surface area contributed by atoms with Crippen LogP contribution in [0.1, 0.15) is 48.1 Å². The normalized spacial score (nSPS) is 31.8. The average molecular weight is 451 g/mol. The molecule has 4 aliphatic rings. The van der Waals surface area contributed by atoms with E-state index in [1.807, 2.05) is 34.9 Å². The number of piperidine rings is 1. The van der Waals surface area contributed by atoms with E-state index in [-0.39, 0.29) is 47.9 Å². The third-order valence-electron chi connectivity index (χ3n) is 7.85. The smallest absolute Gasteiger partial charge is 0.251 e. The highest BCUT2D eigenvalue weighted by molar-refractivity contribution is 5.94. The molecule has 3 aliphatic heterocycles. The maximum Gasteiger partial charge on any atom is 0.251 e. The number of likely N-dealkylation sites (tertiary alicyclic amines) is 3. The largest absolute Gasteiger partial charge is 0.355 e. The molecule has 174 valence electrons. The van der Waals surface area contributed by atoms with Gasteiger partial charge in [-0.05, 0) is 49.8 Å². The van der Waals surface area contributed by atoms with Crippen molar-refractivity contribution in [2.24, 2.45) is 11.7 Å². The molecular weight excluding hydrogens is 420 g/mol. The van der Waals surface area contributed by atoms with Crippen LogP contribution in [0, 0.1) is 17.2 Å². The van der Waals surface area contributed by atoms with Gasteiger partial charge in [0.25, 0.3) is 5.91 Å². The van der Waals surface area contributed by atoms with Crippen LogP contribution in [0.15, 0.2) is 24.3 Å². The van der Waals surface area contributed by atoms with E-state index >= 15 is 0 Å². The van der Waals surface area contributed by atoms with E-state index in [2.05, 4.69) is 11.4 Å². The summed E-state index contributed by atoms with van der Waals surface area (Å²) >= 11 is 0. The molecule has 9 heteroatoms. The molecule has 1 unspecified atom stereocenters. The molecule has 1 saturated carbocycles. The number of carbonyl (C=O) groups is 3. The summed E-state index contributed by atoms with van der Waals surface area (Å²) in [6, 6.07) is 8.30. The number of fused-ring (bicyclic) bond motifs is 3. The molecule has 0 radical (unpaired) electrons. The zero-order chi connectivity index (χ0) is 23.4. The van der Waals surface area contributed by atoms with Gasteiger partial charge in [-0.15, -0.1) is 0 Å². The van der Waals surface area contributed by atoms with Gasteiger partial charge >= 0.3 is 0 Å². The van der Waals surface area contributed by atoms with E-state index in [1.165, 1.54) is 0 Å². The Morgan fingerprint density at radius 3 is 2.79 bits per heavy atom. The van der Waals surface area contributed by atoms with Gasteiger partial charge in [-0.25, -0.2) is 0 Å². The Morgan fingerprint density at radius 1 is 1.30 bits per heavy atom. The molecule has 1 aromatic carbocycles. The molecule has 1 aliphatic carbocycles. The Bertz CT molecular complexity index is 1040. The van der Waals surface area contributed by atoms with Crippen LogP contribution in [-0.4, -0.2) is 82.8 Å². The molecule has 3 heterocycles. The van der Waals surface area contributed by atoms with E-state index < -0.39 is 6.04 Å². The summed E-state index contributed by atoms with van der Waals surface area (Å²) in [6.45, 7) is 2.99. The maximum atomic E-state index is 13.3. The van der Waals surface area contributed by atoms with Gasteiger partial charge in [-0.2, -0.15) is 5.26 Å². The molecule has 3 N–H and O–H groups in total. The number of rotatable bonds is 6. The van der Waals surface area contributed by atoms with Gasteiger partial charge in [-0.3, -0.25) is 19.3 Å². The molecule has 4 fully saturated rings. The summed E-state index contributed by atoms with van der Waals surface area (Å²) in [6.07, 6.45) is 2.44. The van der Waals surface area contributed by atoms with Crippen molar-refractivity contribution in [1.82, 2.24) is 20.0 Å². The molecule has 5 rings (SSSR count). The quantitative estimate of drug-likeness (QED) is 0.640. The molecule has 1 aromatic rings. The highest BCUT2D eigenvalue weighted by Crippen LogP contribution is 2.48. The van der Waals surface area contributed by atoms with Crippen LogP contribution in [0.3, 0.4) is 0 Å². The van der Waals surface area contributed by atoms with Gasteiger partial charge in [0.15, 0.2) is 0 Å². The number of amides is 3. The first kappa shape index (κ1) is 21.9. The zero-order valence-electron chi connectivity index (χ0n) is 19.0. The fourth-order valence-electron chi connectivity index (χ4n) is 6.05. The summed E-state index contributed by atoms with van der Waals surface area (Å²) < 4.78 is 0. The van der Waals surface area contributed by atoms with Gasteiger partial charge in [0.05, 0.1) is 24.2 Å². The Hall–Kier alpha value is -2.96. The van der Waals surface area contributed by atoms with Crippen LogP contribution >= 0.6 is 0 Å². The summed E-state index contributed by atoms with van der Waals surface area (Å²) in [5.74, 6) is 0.171. The van der Waals surface area contributed by atoms with Crippen LogP contribution in [0.5, 0.6) is 0 Å². The number of hydrogen-bond donors (Lipinski definition) is 2. The highest BCUT2D eigenvalue weighted by Gasteiger charge is 2.56. The maximum absolute atomic E-state index is 13.3. The van der Waals surface area contributed by atoms with Crippen LogP contribution in [0.4, 0.5) is 0 Å². The van der Waals surface area contributed by atoms with Crippen molar-refractivity contribution < 1.29 is 14.4 Å². The first-order valence-corrected chi connectivity index (χ1v) is 11.7. The van der Waals surface area contributed by atoms with E-state index in [0.29, 0.717) is 31.0 Å². The van der Waals surface area contributed by atoms with Crippen LogP contribution in [0.2, 0.25) is 0 Å². The number of carbonyl (C=O) groups excluding carboxylic acids is 3. The Morgan fingerprint density at radius 2 is 2.09 bits per heavy atom. The monoisotopic (exact) mass is 450 g/mol. The van der Waals surface area contributed by atoms with Crippen LogP contribution in [-0.2, 0) is 9.59 Å². The SMILES string of the molecule is CNC(=O)c1cccc([C@@H](C)N2C(=O)[C@@H]3C[C@H]2CN3C[C@H](N)C(=O)N2C3C[C@H]3C[C@H]2C#N)c1. The number of nitriles is 1. The molecule has 33 heavy (non-hydrogen) atoms. The number of hydrogen-bond acceptors (Lipinski definition) is 6. The number of nitrogens with zero attached hydrogens (tertiary/aromatic N) is 4. The number of benzene rings is 1. The lowest BCUT2D eigenvalue weighted by molar-refractivity contribution is -0.141. The van der Waals surface area contributed by atoms with Crippen molar-refractivity contribution in [3.05, 3.63) is 35.4 Å². The van der Waals surface area contributed by atoms with Crippen LogP contribution in [0.25, 0.3) is 0 Å². The average Bonchev–Trinajstić information content (AvgIpc) is 3.15. The second-order valence-electron chi connectivity index (χ2n) is 9.78. The predicted octanol–water partition coefficient (Wildman–Crippen LogP) is 0.233. The molecule has 0 aromatic heterocycles. The van der Waals surface area contributed by atoms with E-state index in [0.717, 1.165) is 18.4 Å². The second-order valence-corrected chi connectivity index (χ2v) is 9.78. The summed E-state index contributed by atoms with van der Waals surface area (Å²) in [5.41, 5.74) is 7.78. The molecule has 9 nitrogen and oxygen atoms in total. The second kappa shape index (κ2) is 8.12. The summed E-state index contributed by atoms with van der Waals surface area (Å²) in [7, 11) is 1.60. The van der Waals surface area contributed by atoms with E-state index in [4.69, 9.17) is 5.73 Å². The van der Waals surface area contributed by atoms with Gasteiger partial charge in [0.1, 0.15) is 6.04 Å². The molecule has 3 amide bonds. The fraction of sp³-hybridized carbons (Fsp3) is 0.583. The first-order valence-electron chi connectivity index (χ1n) is 11.7. The van der Waals surface area contributed by atoms with E-state index in [1.54, 1.807) is 18.0 Å². The lowest BCUT2D eigenvalue weighted by Crippen LogP contribution is -2.57. The van der Waals surface area contributed by atoms with Crippen molar-refractivity contribution in [2.75, 3.05) is 20.1 Å². The van der Waals surface area contributed by atoms with Gasteiger partial charge in [0.2, 0.25) is 11.8 Å². The minimum Gasteiger partial charge on any atom is -0.355 e. The molecule has 3 saturated heterocycles. The third kappa shape index (κ3) is 3.58. The fourth-order valence-corrected chi connectivity index (χ4v) is 6.05. The molecule has 7 atom stereocenters. The lowest BCUT2D eigenvalue weighted by atomic mass is 10.0. The summed E-state index contributed by atoms with van der Waals surface area (Å²) in [4.78, 5) is 43.9. The Kier molecular flexibility index (Phi) is 5.38. The van der Waals surface area contributed by atoms with Gasteiger partial charge < -0.3 is 20.9 Å². The van der Waals surface area contributed by atoms with E-state index in [9.17, 15) is 19.6 Å². The Labute approximate surface area is 193 Å². The minimum atomic E-state index is -0.734. The van der Waals surface area contributed by atoms with Gasteiger partial charge in [-0.1, -0.05) is 12.1 Å². The molecule has 2 bridgehead atoms. The predicted molar refractivity (Wildman–Crippen MR) is 120 cm³/mol. The molecular formula is C24H30N6O3. The first-order chi connectivity index (χ1) is 15.8. The standard InChI is InChI=1S/C24H30N6O3/c1-13(14-4-3-5-15(6-14)22(31)27-2)29-18-9-21(24(29)33)28(11-18)12-19(26)23(32)30-17(10-25)7-16-8-20(16)30/h3-6,13,16-21H,7-9,11-12,26H2,1-2H3,(H,27,31)/t13-,16-,17+,18+,19+,20?,21+/m1/s1. The lowest BCUT2D eigenvalue weighted by Gasteiger charge is -2.38. The van der Waals surface area contributed by atoms with Crippen molar-refractivity contribution in [3.63, 3.8) is 0 Å². The summed E-state index contributed by atoms with van der Waals surface area (Å²) in [5, 5.41) is 12.0. The van der Waals surface area contributed by atoms with Gasteiger partial charge in [0, 0.05) is 37.8 Å². The van der Waals surface area contributed by atoms with Crippen molar-refractivity contribution >= 4 is 17.7 Å². The van der Waals surface area contributed by atoms with Crippen LogP contribution < -0.4 is 11.1 Å². The van der Waals surface area contributed by atoms with Crippen molar-refractivity contribution in [1.29, 1.82) is 5.26 Å². The topological polar surface area (TPSA) is 123 Å². The molecule has 0 spiro atoms. The zero-order valence-corrected chi connectivity index (χ0v) is 19.0.